The number of hydrogen-bond acceptors (Lipinski definition) is 5. The molecule has 3 heterocycles. The van der Waals surface area contributed by atoms with Crippen molar-refractivity contribution >= 4 is 35.8 Å². The Morgan fingerprint density at radius 1 is 1.18 bits per heavy atom. The number of aliphatic imine (C=N–C) groups is 1. The number of carbonyl (C=O) groups excluding carboxylic acids is 1. The van der Waals surface area contributed by atoms with Crippen LogP contribution in [0.1, 0.15) is 37.8 Å². The van der Waals surface area contributed by atoms with Gasteiger partial charge in [-0.3, -0.25) is 4.79 Å². The van der Waals surface area contributed by atoms with Gasteiger partial charge in [0.05, 0.1) is 26.9 Å². The zero-order chi connectivity index (χ0) is 22.5. The van der Waals surface area contributed by atoms with Gasteiger partial charge in [-0.05, 0) is 38.8 Å². The first-order valence-electron chi connectivity index (χ1n) is 11.8. The average Bonchev–Trinajstić information content (AvgIpc) is 3.20. The number of morpholine rings is 1. The maximum atomic E-state index is 12.8. The summed E-state index contributed by atoms with van der Waals surface area (Å²) in [5.74, 6) is 3.07. The number of nitrogens with one attached hydrogen (secondary N) is 1. The second-order valence-corrected chi connectivity index (χ2v) is 8.77. The van der Waals surface area contributed by atoms with Crippen molar-refractivity contribution in [2.24, 2.45) is 10.9 Å². The second-order valence-electron chi connectivity index (χ2n) is 8.77. The predicted molar refractivity (Wildman–Crippen MR) is 139 cm³/mol. The van der Waals surface area contributed by atoms with Gasteiger partial charge < -0.3 is 29.3 Å². The number of amides is 1. The van der Waals surface area contributed by atoms with E-state index in [0.717, 1.165) is 61.9 Å². The zero-order valence-electron chi connectivity index (χ0n) is 20.0. The third-order valence-corrected chi connectivity index (χ3v) is 6.50. The fraction of sp³-hybridized carbons (Fsp3) is 0.667. The number of rotatable bonds is 5. The van der Waals surface area contributed by atoms with E-state index < -0.39 is 0 Å². The van der Waals surface area contributed by atoms with Crippen LogP contribution in [0.25, 0.3) is 0 Å². The molecular weight excluding hydrogens is 535 g/mol. The maximum Gasteiger partial charge on any atom is 0.225 e. The van der Waals surface area contributed by atoms with Crippen molar-refractivity contribution in [2.45, 2.75) is 45.8 Å². The molecule has 1 N–H and O–H groups in total. The Labute approximate surface area is 214 Å². The van der Waals surface area contributed by atoms with E-state index in [2.05, 4.69) is 36.2 Å². The number of likely N-dealkylation sites (tertiary alicyclic amines) is 1. The molecule has 1 aromatic rings. The first kappa shape index (κ1) is 25.9. The van der Waals surface area contributed by atoms with Crippen molar-refractivity contribution in [3.63, 3.8) is 0 Å². The lowest BCUT2D eigenvalue weighted by atomic mass is 9.95. The topological polar surface area (TPSA) is 75.6 Å². The predicted octanol–water partition coefficient (Wildman–Crippen LogP) is 2.67. The Morgan fingerprint density at radius 3 is 2.58 bits per heavy atom. The molecule has 2 fully saturated rings. The summed E-state index contributed by atoms with van der Waals surface area (Å²) >= 11 is 0. The van der Waals surface area contributed by atoms with Crippen LogP contribution in [0.5, 0.6) is 11.5 Å². The number of benzene rings is 1. The lowest BCUT2D eigenvalue weighted by Gasteiger charge is -2.36. The highest BCUT2D eigenvalue weighted by Gasteiger charge is 2.30. The number of guanidine groups is 1. The molecule has 1 atom stereocenters. The lowest BCUT2D eigenvalue weighted by molar-refractivity contribution is -0.140. The van der Waals surface area contributed by atoms with Gasteiger partial charge in [0.2, 0.25) is 5.91 Å². The van der Waals surface area contributed by atoms with E-state index in [1.807, 2.05) is 4.90 Å². The number of carbonyl (C=O) groups is 1. The molecular formula is C24H37IN4O4. The Bertz CT molecular complexity index is 836. The second kappa shape index (κ2) is 12.1. The highest BCUT2D eigenvalue weighted by atomic mass is 127. The highest BCUT2D eigenvalue weighted by Crippen LogP contribution is 2.35. The summed E-state index contributed by atoms with van der Waals surface area (Å²) in [6, 6.07) is 4.15. The molecule has 8 nitrogen and oxygen atoms in total. The molecule has 0 saturated carbocycles. The van der Waals surface area contributed by atoms with E-state index >= 15 is 0 Å². The molecule has 3 aliphatic rings. The SMILES string of the molecule is CCNC(=NCc1cc2c(cc1OC)CC(C)O2)N1CCC(C(=O)N2CCOCC2)CC1.I. The van der Waals surface area contributed by atoms with Gasteiger partial charge in [0, 0.05) is 56.2 Å². The van der Waals surface area contributed by atoms with E-state index in [4.69, 9.17) is 19.2 Å². The number of halogens is 1. The van der Waals surface area contributed by atoms with Gasteiger partial charge in [0.15, 0.2) is 5.96 Å². The van der Waals surface area contributed by atoms with Crippen molar-refractivity contribution in [2.75, 3.05) is 53.0 Å². The Kier molecular flexibility index (Phi) is 9.48. The van der Waals surface area contributed by atoms with Crippen molar-refractivity contribution in [1.82, 2.24) is 15.1 Å². The van der Waals surface area contributed by atoms with Gasteiger partial charge in [-0.2, -0.15) is 0 Å². The molecule has 184 valence electrons. The molecule has 33 heavy (non-hydrogen) atoms. The van der Waals surface area contributed by atoms with E-state index in [9.17, 15) is 4.79 Å². The molecule has 2 saturated heterocycles. The van der Waals surface area contributed by atoms with Crippen LogP contribution in [0.15, 0.2) is 17.1 Å². The molecule has 0 aliphatic carbocycles. The van der Waals surface area contributed by atoms with Crippen molar-refractivity contribution in [1.29, 1.82) is 0 Å². The zero-order valence-corrected chi connectivity index (χ0v) is 22.3. The molecule has 1 unspecified atom stereocenters. The number of piperidine rings is 1. The standard InChI is InChI=1S/C24H36N4O4.HI/c1-4-25-24(26-16-20-15-22-19(13-17(2)32-22)14-21(20)30-3)28-7-5-18(6-8-28)23(29)27-9-11-31-12-10-27;/h14-15,17-18H,4-13,16H2,1-3H3,(H,25,26);1H. The molecule has 0 radical (unpaired) electrons. The van der Waals surface area contributed by atoms with Gasteiger partial charge in [0.1, 0.15) is 17.6 Å². The molecule has 4 rings (SSSR count). The summed E-state index contributed by atoms with van der Waals surface area (Å²) in [5, 5.41) is 3.42. The van der Waals surface area contributed by atoms with Crippen LogP contribution in [0, 0.1) is 5.92 Å². The molecule has 0 spiro atoms. The van der Waals surface area contributed by atoms with E-state index in [1.165, 1.54) is 5.56 Å². The van der Waals surface area contributed by atoms with E-state index in [-0.39, 0.29) is 41.9 Å². The first-order chi connectivity index (χ1) is 15.6. The quantitative estimate of drug-likeness (QED) is 0.333. The maximum absolute atomic E-state index is 12.8. The molecule has 3 aliphatic heterocycles. The Morgan fingerprint density at radius 2 is 1.91 bits per heavy atom. The summed E-state index contributed by atoms with van der Waals surface area (Å²) in [6.45, 7) is 9.87. The minimum absolute atomic E-state index is 0. The Balaban J connectivity index is 0.00000306. The minimum atomic E-state index is 0. The van der Waals surface area contributed by atoms with Crippen molar-refractivity contribution in [3.8, 4) is 11.5 Å². The number of fused-ring (bicyclic) bond motifs is 1. The molecule has 0 aromatic heterocycles. The van der Waals surface area contributed by atoms with Crippen LogP contribution in [0.2, 0.25) is 0 Å². The van der Waals surface area contributed by atoms with Gasteiger partial charge in [-0.1, -0.05) is 0 Å². The number of ether oxygens (including phenoxy) is 3. The fourth-order valence-corrected chi connectivity index (χ4v) is 4.76. The number of nitrogens with zero attached hydrogens (tertiary/aromatic N) is 3. The van der Waals surface area contributed by atoms with Crippen LogP contribution in [-0.2, 0) is 22.5 Å². The number of hydrogen-bond donors (Lipinski definition) is 1. The molecule has 1 amide bonds. The molecule has 0 bridgehead atoms. The lowest BCUT2D eigenvalue weighted by Crippen LogP contribution is -2.50. The van der Waals surface area contributed by atoms with Crippen molar-refractivity contribution in [3.05, 3.63) is 23.3 Å². The molecule has 9 heteroatoms. The van der Waals surface area contributed by atoms with Gasteiger partial charge in [-0.15, -0.1) is 24.0 Å². The van der Waals surface area contributed by atoms with Gasteiger partial charge >= 0.3 is 0 Å². The summed E-state index contributed by atoms with van der Waals surface area (Å²) in [5.41, 5.74) is 2.22. The summed E-state index contributed by atoms with van der Waals surface area (Å²) in [4.78, 5) is 22.0. The van der Waals surface area contributed by atoms with Gasteiger partial charge in [0.25, 0.3) is 0 Å². The van der Waals surface area contributed by atoms with Crippen LogP contribution < -0.4 is 14.8 Å². The summed E-state index contributed by atoms with van der Waals surface area (Å²) < 4.78 is 16.9. The van der Waals surface area contributed by atoms with Crippen LogP contribution in [-0.4, -0.2) is 80.8 Å². The fourth-order valence-electron chi connectivity index (χ4n) is 4.76. The summed E-state index contributed by atoms with van der Waals surface area (Å²) in [7, 11) is 1.70. The third-order valence-electron chi connectivity index (χ3n) is 6.50. The summed E-state index contributed by atoms with van der Waals surface area (Å²) in [6.07, 6.45) is 2.83. The average molecular weight is 572 g/mol. The Hall–Kier alpha value is -1.75. The largest absolute Gasteiger partial charge is 0.496 e. The normalized spacial score (nSPS) is 21.2. The first-order valence-corrected chi connectivity index (χ1v) is 11.8. The van der Waals surface area contributed by atoms with Gasteiger partial charge in [-0.25, -0.2) is 4.99 Å². The van der Waals surface area contributed by atoms with Crippen LogP contribution in [0.4, 0.5) is 0 Å². The molecule has 1 aromatic carbocycles. The monoisotopic (exact) mass is 572 g/mol. The van der Waals surface area contributed by atoms with E-state index in [1.54, 1.807) is 7.11 Å². The van der Waals surface area contributed by atoms with Crippen LogP contribution >= 0.6 is 24.0 Å². The number of methoxy groups -OCH3 is 1. The smallest absolute Gasteiger partial charge is 0.225 e. The van der Waals surface area contributed by atoms with E-state index in [0.29, 0.717) is 32.8 Å². The highest BCUT2D eigenvalue weighted by molar-refractivity contribution is 14.0. The van der Waals surface area contributed by atoms with Crippen molar-refractivity contribution < 1.29 is 19.0 Å². The third kappa shape index (κ3) is 6.23. The van der Waals surface area contributed by atoms with Crippen LogP contribution in [0.3, 0.4) is 0 Å². The minimum Gasteiger partial charge on any atom is -0.496 e.